The van der Waals surface area contributed by atoms with E-state index in [0.717, 1.165) is 18.4 Å². The summed E-state index contributed by atoms with van der Waals surface area (Å²) < 4.78 is 1.72. The number of nitrogens with one attached hydrogen (secondary N) is 2. The first-order valence-electron chi connectivity index (χ1n) is 9.79. The lowest BCUT2D eigenvalue weighted by molar-refractivity contribution is 0.0954. The SMILES string of the molecule is O=C(NCCc1ccccc1)c1ccc2c(c1)[nH]c(=O)n2CCc1ccccc1. The molecular weight excluding hydrogens is 362 g/mol. The van der Waals surface area contributed by atoms with Gasteiger partial charge in [0.1, 0.15) is 0 Å². The first kappa shape index (κ1) is 18.7. The maximum Gasteiger partial charge on any atom is 0.326 e. The Bertz CT molecular complexity index is 1160. The van der Waals surface area contributed by atoms with E-state index in [-0.39, 0.29) is 11.6 Å². The number of carbonyl (C=O) groups excluding carboxylic acids is 1. The largest absolute Gasteiger partial charge is 0.352 e. The fourth-order valence-electron chi connectivity index (χ4n) is 3.48. The molecule has 4 aromatic rings. The van der Waals surface area contributed by atoms with Crippen LogP contribution in [-0.4, -0.2) is 22.0 Å². The van der Waals surface area contributed by atoms with Crippen LogP contribution in [0.2, 0.25) is 0 Å². The predicted molar refractivity (Wildman–Crippen MR) is 115 cm³/mol. The van der Waals surface area contributed by atoms with Crippen LogP contribution in [0.25, 0.3) is 11.0 Å². The summed E-state index contributed by atoms with van der Waals surface area (Å²) in [7, 11) is 0. The molecule has 0 spiro atoms. The lowest BCUT2D eigenvalue weighted by Crippen LogP contribution is -2.25. The number of rotatable bonds is 7. The lowest BCUT2D eigenvalue weighted by Gasteiger charge is -2.07. The summed E-state index contributed by atoms with van der Waals surface area (Å²) in [6.45, 7) is 1.15. The van der Waals surface area contributed by atoms with Crippen LogP contribution in [-0.2, 0) is 19.4 Å². The minimum absolute atomic E-state index is 0.138. The molecule has 0 aliphatic rings. The van der Waals surface area contributed by atoms with Crippen LogP contribution >= 0.6 is 0 Å². The van der Waals surface area contributed by atoms with Crippen molar-refractivity contribution in [3.63, 3.8) is 0 Å². The van der Waals surface area contributed by atoms with E-state index in [1.165, 1.54) is 11.1 Å². The quantitative estimate of drug-likeness (QED) is 0.511. The van der Waals surface area contributed by atoms with Gasteiger partial charge in [0, 0.05) is 18.7 Å². The third kappa shape index (κ3) is 4.46. The fourth-order valence-corrected chi connectivity index (χ4v) is 3.48. The highest BCUT2D eigenvalue weighted by Gasteiger charge is 2.11. The van der Waals surface area contributed by atoms with Gasteiger partial charge in [0.25, 0.3) is 5.91 Å². The predicted octanol–water partition coefficient (Wildman–Crippen LogP) is 3.54. The molecule has 29 heavy (non-hydrogen) atoms. The number of benzene rings is 3. The fraction of sp³-hybridized carbons (Fsp3) is 0.167. The van der Waals surface area contributed by atoms with Gasteiger partial charge in [0.05, 0.1) is 11.0 Å². The molecule has 146 valence electrons. The number of carbonyl (C=O) groups is 1. The van der Waals surface area contributed by atoms with E-state index in [2.05, 4.69) is 22.4 Å². The summed E-state index contributed by atoms with van der Waals surface area (Å²) in [5, 5.41) is 2.94. The Morgan fingerprint density at radius 3 is 2.21 bits per heavy atom. The summed E-state index contributed by atoms with van der Waals surface area (Å²) in [6.07, 6.45) is 1.55. The van der Waals surface area contributed by atoms with Crippen molar-refractivity contribution in [3.05, 3.63) is 106 Å². The van der Waals surface area contributed by atoms with Crippen LogP contribution in [0.3, 0.4) is 0 Å². The second-order valence-corrected chi connectivity index (χ2v) is 7.04. The Morgan fingerprint density at radius 2 is 1.52 bits per heavy atom. The number of H-pyrrole nitrogens is 1. The van der Waals surface area contributed by atoms with Gasteiger partial charge < -0.3 is 10.3 Å². The molecule has 5 heteroatoms. The number of fused-ring (bicyclic) bond motifs is 1. The average molecular weight is 385 g/mol. The van der Waals surface area contributed by atoms with E-state index in [1.54, 1.807) is 16.7 Å². The minimum atomic E-state index is -0.155. The van der Waals surface area contributed by atoms with E-state index in [9.17, 15) is 9.59 Å². The Balaban J connectivity index is 1.44. The monoisotopic (exact) mass is 385 g/mol. The van der Waals surface area contributed by atoms with Crippen LogP contribution < -0.4 is 11.0 Å². The summed E-state index contributed by atoms with van der Waals surface area (Å²) in [4.78, 5) is 27.7. The Kier molecular flexibility index (Phi) is 5.56. The van der Waals surface area contributed by atoms with Gasteiger partial charge in [-0.2, -0.15) is 0 Å². The molecule has 1 aromatic heterocycles. The van der Waals surface area contributed by atoms with Crippen LogP contribution in [0.15, 0.2) is 83.7 Å². The molecule has 3 aromatic carbocycles. The average Bonchev–Trinajstić information content (AvgIpc) is 3.07. The molecule has 1 heterocycles. The number of hydrogen-bond donors (Lipinski definition) is 2. The van der Waals surface area contributed by atoms with Crippen molar-refractivity contribution in [1.29, 1.82) is 0 Å². The highest BCUT2D eigenvalue weighted by molar-refractivity contribution is 5.97. The van der Waals surface area contributed by atoms with Crippen molar-refractivity contribution in [3.8, 4) is 0 Å². The van der Waals surface area contributed by atoms with E-state index in [1.807, 2.05) is 54.6 Å². The molecule has 0 atom stereocenters. The van der Waals surface area contributed by atoms with Crippen molar-refractivity contribution in [2.75, 3.05) is 6.54 Å². The summed E-state index contributed by atoms with van der Waals surface area (Å²) in [6, 6.07) is 25.5. The van der Waals surface area contributed by atoms with Crippen molar-refractivity contribution in [1.82, 2.24) is 14.9 Å². The molecule has 2 N–H and O–H groups in total. The number of imidazole rings is 1. The van der Waals surface area contributed by atoms with Crippen LogP contribution in [0.4, 0.5) is 0 Å². The van der Waals surface area contributed by atoms with Gasteiger partial charge in [-0.1, -0.05) is 60.7 Å². The van der Waals surface area contributed by atoms with Crippen molar-refractivity contribution < 1.29 is 4.79 Å². The highest BCUT2D eigenvalue weighted by Crippen LogP contribution is 2.14. The zero-order valence-corrected chi connectivity index (χ0v) is 16.1. The van der Waals surface area contributed by atoms with Gasteiger partial charge in [-0.25, -0.2) is 4.79 Å². The highest BCUT2D eigenvalue weighted by atomic mass is 16.2. The number of aromatic amines is 1. The standard InChI is InChI=1S/C24H23N3O2/c28-23(25-15-13-18-7-3-1-4-8-18)20-11-12-22-21(17-20)26-24(29)27(22)16-14-19-9-5-2-6-10-19/h1-12,17H,13-16H2,(H,25,28)(H,26,29). The molecule has 4 rings (SSSR count). The van der Waals surface area contributed by atoms with Gasteiger partial charge in [-0.05, 0) is 42.2 Å². The zero-order chi connectivity index (χ0) is 20.1. The topological polar surface area (TPSA) is 66.9 Å². The smallest absolute Gasteiger partial charge is 0.326 e. The Morgan fingerprint density at radius 1 is 0.862 bits per heavy atom. The number of hydrogen-bond acceptors (Lipinski definition) is 2. The number of aryl methyl sites for hydroxylation is 2. The van der Waals surface area contributed by atoms with Crippen LogP contribution in [0.5, 0.6) is 0 Å². The number of amides is 1. The van der Waals surface area contributed by atoms with Crippen LogP contribution in [0.1, 0.15) is 21.5 Å². The molecule has 0 radical (unpaired) electrons. The molecule has 0 unspecified atom stereocenters. The van der Waals surface area contributed by atoms with Crippen molar-refractivity contribution in [2.45, 2.75) is 19.4 Å². The van der Waals surface area contributed by atoms with Gasteiger partial charge in [0.2, 0.25) is 0 Å². The Labute approximate surface area is 169 Å². The normalized spacial score (nSPS) is 10.9. The molecule has 5 nitrogen and oxygen atoms in total. The van der Waals surface area contributed by atoms with Crippen LogP contribution in [0, 0.1) is 0 Å². The van der Waals surface area contributed by atoms with Crippen molar-refractivity contribution >= 4 is 16.9 Å². The van der Waals surface area contributed by atoms with E-state index < -0.39 is 0 Å². The zero-order valence-electron chi connectivity index (χ0n) is 16.1. The molecule has 0 saturated heterocycles. The molecule has 0 aliphatic carbocycles. The number of nitrogens with zero attached hydrogens (tertiary/aromatic N) is 1. The Hall–Kier alpha value is -3.60. The summed E-state index contributed by atoms with van der Waals surface area (Å²) in [5.41, 5.74) is 4.25. The third-order valence-electron chi connectivity index (χ3n) is 5.05. The number of aromatic nitrogens is 2. The first-order valence-corrected chi connectivity index (χ1v) is 9.79. The van der Waals surface area contributed by atoms with Gasteiger partial charge in [-0.3, -0.25) is 9.36 Å². The lowest BCUT2D eigenvalue weighted by atomic mass is 10.1. The molecule has 0 bridgehead atoms. The molecular formula is C24H23N3O2. The summed E-state index contributed by atoms with van der Waals surface area (Å²) >= 11 is 0. The van der Waals surface area contributed by atoms with E-state index >= 15 is 0 Å². The van der Waals surface area contributed by atoms with Gasteiger partial charge >= 0.3 is 5.69 Å². The second kappa shape index (κ2) is 8.61. The first-order chi connectivity index (χ1) is 14.2. The van der Waals surface area contributed by atoms with Gasteiger partial charge in [0.15, 0.2) is 0 Å². The summed E-state index contributed by atoms with van der Waals surface area (Å²) in [5.74, 6) is -0.138. The maximum absolute atomic E-state index is 12.5. The van der Waals surface area contributed by atoms with E-state index in [4.69, 9.17) is 0 Å². The molecule has 0 saturated carbocycles. The second-order valence-electron chi connectivity index (χ2n) is 7.04. The van der Waals surface area contributed by atoms with E-state index in [0.29, 0.717) is 24.2 Å². The van der Waals surface area contributed by atoms with Gasteiger partial charge in [-0.15, -0.1) is 0 Å². The molecule has 1 amide bonds. The molecule has 0 fully saturated rings. The maximum atomic E-state index is 12.5. The van der Waals surface area contributed by atoms with Crippen molar-refractivity contribution in [2.24, 2.45) is 0 Å². The molecule has 0 aliphatic heterocycles. The third-order valence-corrected chi connectivity index (χ3v) is 5.05. The minimum Gasteiger partial charge on any atom is -0.352 e.